The van der Waals surface area contributed by atoms with Crippen LogP contribution in [-0.2, 0) is 4.79 Å². The van der Waals surface area contributed by atoms with Gasteiger partial charge in [0.2, 0.25) is 5.91 Å². The number of urea groups is 1. The van der Waals surface area contributed by atoms with Crippen LogP contribution in [0.2, 0.25) is 0 Å². The molecule has 92 valence electrons. The maximum Gasteiger partial charge on any atom is 0.316 e. The molecule has 1 aliphatic carbocycles. The Morgan fingerprint density at radius 1 is 1.25 bits per heavy atom. The van der Waals surface area contributed by atoms with Crippen molar-refractivity contribution in [3.63, 3.8) is 0 Å². The Hall–Kier alpha value is -1.26. The summed E-state index contributed by atoms with van der Waals surface area (Å²) in [5.74, 6) is 0.0697. The van der Waals surface area contributed by atoms with Crippen LogP contribution in [0.1, 0.15) is 26.2 Å². The van der Waals surface area contributed by atoms with Gasteiger partial charge in [0.05, 0.1) is 5.41 Å². The van der Waals surface area contributed by atoms with E-state index in [2.05, 4.69) is 10.6 Å². The van der Waals surface area contributed by atoms with E-state index < -0.39 is 0 Å². The van der Waals surface area contributed by atoms with Crippen LogP contribution in [0.15, 0.2) is 0 Å². The first-order valence-electron chi connectivity index (χ1n) is 5.75. The third-order valence-corrected chi connectivity index (χ3v) is 3.11. The molecule has 5 nitrogen and oxygen atoms in total. The molecule has 0 saturated heterocycles. The molecule has 3 amide bonds. The molecule has 0 bridgehead atoms. The fraction of sp³-hybridized carbons (Fsp3) is 0.818. The zero-order chi connectivity index (χ0) is 12.2. The Morgan fingerprint density at radius 3 is 2.25 bits per heavy atom. The van der Waals surface area contributed by atoms with Gasteiger partial charge in [-0.05, 0) is 19.8 Å². The summed E-state index contributed by atoms with van der Waals surface area (Å²) in [6, 6.07) is -0.143. The van der Waals surface area contributed by atoms with E-state index in [1.165, 1.54) is 4.90 Å². The van der Waals surface area contributed by atoms with Crippen LogP contribution in [0.3, 0.4) is 0 Å². The summed E-state index contributed by atoms with van der Waals surface area (Å²) < 4.78 is 0. The highest BCUT2D eigenvalue weighted by molar-refractivity contribution is 5.84. The second-order valence-electron chi connectivity index (χ2n) is 4.55. The van der Waals surface area contributed by atoms with E-state index in [4.69, 9.17) is 0 Å². The normalized spacial score (nSPS) is 17.2. The number of hydrogen-bond acceptors (Lipinski definition) is 2. The lowest BCUT2D eigenvalue weighted by Gasteiger charge is -2.40. The SMILES string of the molecule is CCNC(=O)C1(CNC(=O)N(C)C)CCC1. The third kappa shape index (κ3) is 2.65. The summed E-state index contributed by atoms with van der Waals surface area (Å²) in [6.45, 7) is 2.99. The van der Waals surface area contributed by atoms with Crippen LogP contribution >= 0.6 is 0 Å². The Kier molecular flexibility index (Phi) is 4.15. The van der Waals surface area contributed by atoms with E-state index in [1.54, 1.807) is 14.1 Å². The van der Waals surface area contributed by atoms with Gasteiger partial charge in [-0.25, -0.2) is 4.79 Å². The summed E-state index contributed by atoms with van der Waals surface area (Å²) in [6.07, 6.45) is 2.80. The predicted octanol–water partition coefficient (Wildman–Crippen LogP) is 0.564. The molecule has 0 aliphatic heterocycles. The second kappa shape index (κ2) is 5.18. The molecule has 1 rings (SSSR count). The standard InChI is InChI=1S/C11H21N3O2/c1-4-12-9(15)11(6-5-7-11)8-13-10(16)14(2)3/h4-8H2,1-3H3,(H,12,15)(H,13,16). The first kappa shape index (κ1) is 12.8. The average molecular weight is 227 g/mol. The number of nitrogens with one attached hydrogen (secondary N) is 2. The van der Waals surface area contributed by atoms with Gasteiger partial charge in [-0.15, -0.1) is 0 Å². The number of nitrogens with zero attached hydrogens (tertiary/aromatic N) is 1. The summed E-state index contributed by atoms with van der Waals surface area (Å²) in [4.78, 5) is 24.7. The van der Waals surface area contributed by atoms with Gasteiger partial charge in [0.25, 0.3) is 0 Å². The summed E-state index contributed by atoms with van der Waals surface area (Å²) in [5.41, 5.74) is -0.359. The van der Waals surface area contributed by atoms with Crippen molar-refractivity contribution in [2.75, 3.05) is 27.2 Å². The van der Waals surface area contributed by atoms with E-state index in [9.17, 15) is 9.59 Å². The number of carbonyl (C=O) groups is 2. The lowest BCUT2D eigenvalue weighted by atomic mass is 9.68. The summed E-state index contributed by atoms with van der Waals surface area (Å²) in [7, 11) is 3.38. The lowest BCUT2D eigenvalue weighted by Crippen LogP contribution is -2.53. The zero-order valence-electron chi connectivity index (χ0n) is 10.3. The maximum atomic E-state index is 11.9. The van der Waals surface area contributed by atoms with Crippen LogP contribution in [0.4, 0.5) is 4.79 Å². The fourth-order valence-electron chi connectivity index (χ4n) is 1.84. The zero-order valence-corrected chi connectivity index (χ0v) is 10.3. The molecular formula is C11H21N3O2. The third-order valence-electron chi connectivity index (χ3n) is 3.11. The van der Waals surface area contributed by atoms with Gasteiger partial charge >= 0.3 is 6.03 Å². The molecule has 0 aromatic heterocycles. The summed E-state index contributed by atoms with van der Waals surface area (Å²) >= 11 is 0. The minimum Gasteiger partial charge on any atom is -0.356 e. The van der Waals surface area contributed by atoms with Crippen LogP contribution in [0.5, 0.6) is 0 Å². The molecule has 0 heterocycles. The molecule has 16 heavy (non-hydrogen) atoms. The minimum absolute atomic E-state index is 0.0697. The lowest BCUT2D eigenvalue weighted by molar-refractivity contribution is -0.135. The van der Waals surface area contributed by atoms with Crippen molar-refractivity contribution in [1.29, 1.82) is 0 Å². The van der Waals surface area contributed by atoms with Gasteiger partial charge < -0.3 is 15.5 Å². The monoisotopic (exact) mass is 227 g/mol. The molecule has 0 radical (unpaired) electrons. The Morgan fingerprint density at radius 2 is 1.88 bits per heavy atom. The van der Waals surface area contributed by atoms with Gasteiger partial charge in [-0.2, -0.15) is 0 Å². The number of amides is 3. The highest BCUT2D eigenvalue weighted by Crippen LogP contribution is 2.40. The van der Waals surface area contributed by atoms with Crippen molar-refractivity contribution in [1.82, 2.24) is 15.5 Å². The van der Waals surface area contributed by atoms with E-state index >= 15 is 0 Å². The van der Waals surface area contributed by atoms with Crippen LogP contribution in [0, 0.1) is 5.41 Å². The van der Waals surface area contributed by atoms with Crippen molar-refractivity contribution >= 4 is 11.9 Å². The molecule has 0 spiro atoms. The number of hydrogen-bond donors (Lipinski definition) is 2. The molecule has 0 aromatic carbocycles. The van der Waals surface area contributed by atoms with Crippen LogP contribution < -0.4 is 10.6 Å². The first-order chi connectivity index (χ1) is 7.52. The Bertz CT molecular complexity index is 272. The highest BCUT2D eigenvalue weighted by atomic mass is 16.2. The number of carbonyl (C=O) groups excluding carboxylic acids is 2. The Labute approximate surface area is 96.6 Å². The molecule has 5 heteroatoms. The smallest absolute Gasteiger partial charge is 0.316 e. The highest BCUT2D eigenvalue weighted by Gasteiger charge is 2.43. The molecule has 0 atom stereocenters. The van der Waals surface area contributed by atoms with E-state index in [0.717, 1.165) is 19.3 Å². The van der Waals surface area contributed by atoms with Gasteiger partial charge in [0.1, 0.15) is 0 Å². The molecule has 0 aromatic rings. The van der Waals surface area contributed by atoms with Gasteiger partial charge in [0.15, 0.2) is 0 Å². The minimum atomic E-state index is -0.359. The van der Waals surface area contributed by atoms with E-state index in [1.807, 2.05) is 6.92 Å². The fourth-order valence-corrected chi connectivity index (χ4v) is 1.84. The van der Waals surface area contributed by atoms with Crippen molar-refractivity contribution < 1.29 is 9.59 Å². The molecular weight excluding hydrogens is 206 g/mol. The topological polar surface area (TPSA) is 61.4 Å². The largest absolute Gasteiger partial charge is 0.356 e. The van der Waals surface area contributed by atoms with Crippen molar-refractivity contribution in [2.24, 2.45) is 5.41 Å². The molecule has 2 N–H and O–H groups in total. The van der Waals surface area contributed by atoms with Gasteiger partial charge in [-0.3, -0.25) is 4.79 Å². The second-order valence-corrected chi connectivity index (χ2v) is 4.55. The Balaban J connectivity index is 2.48. The van der Waals surface area contributed by atoms with Crippen molar-refractivity contribution in [3.8, 4) is 0 Å². The van der Waals surface area contributed by atoms with Crippen LogP contribution in [-0.4, -0.2) is 44.0 Å². The van der Waals surface area contributed by atoms with Crippen molar-refractivity contribution in [3.05, 3.63) is 0 Å². The number of rotatable bonds is 4. The van der Waals surface area contributed by atoms with Crippen LogP contribution in [0.25, 0.3) is 0 Å². The van der Waals surface area contributed by atoms with E-state index in [-0.39, 0.29) is 17.4 Å². The average Bonchev–Trinajstić information content (AvgIpc) is 2.16. The first-order valence-corrected chi connectivity index (χ1v) is 5.75. The van der Waals surface area contributed by atoms with Gasteiger partial charge in [-0.1, -0.05) is 6.42 Å². The van der Waals surface area contributed by atoms with Crippen molar-refractivity contribution in [2.45, 2.75) is 26.2 Å². The maximum absolute atomic E-state index is 11.9. The molecule has 1 aliphatic rings. The quantitative estimate of drug-likeness (QED) is 0.737. The molecule has 0 unspecified atom stereocenters. The summed E-state index contributed by atoms with van der Waals surface area (Å²) in [5, 5.41) is 5.63. The molecule has 1 fully saturated rings. The van der Waals surface area contributed by atoms with E-state index in [0.29, 0.717) is 13.1 Å². The predicted molar refractivity (Wildman–Crippen MR) is 62.1 cm³/mol. The molecule has 1 saturated carbocycles. The van der Waals surface area contributed by atoms with Gasteiger partial charge in [0, 0.05) is 27.2 Å².